The van der Waals surface area contributed by atoms with Crippen LogP contribution in [0.5, 0.6) is 0 Å². The predicted octanol–water partition coefficient (Wildman–Crippen LogP) is 2.67. The highest BCUT2D eigenvalue weighted by molar-refractivity contribution is 7.21. The van der Waals surface area contributed by atoms with Gasteiger partial charge in [0.15, 0.2) is 15.5 Å². The van der Waals surface area contributed by atoms with Gasteiger partial charge in [-0.25, -0.2) is 9.97 Å². The summed E-state index contributed by atoms with van der Waals surface area (Å²) in [6.45, 7) is 3.11. The van der Waals surface area contributed by atoms with Gasteiger partial charge in [-0.05, 0) is 37.7 Å². The van der Waals surface area contributed by atoms with Crippen molar-refractivity contribution in [2.75, 3.05) is 29.4 Å². The fraction of sp³-hybridized carbons (Fsp3) is 0.478. The molecule has 1 amide bonds. The van der Waals surface area contributed by atoms with Gasteiger partial charge in [0.05, 0.1) is 0 Å². The number of fused-ring (bicyclic) bond motifs is 1. The highest BCUT2D eigenvalue weighted by Crippen LogP contribution is 2.32. The number of benzene rings is 1. The lowest BCUT2D eigenvalue weighted by Gasteiger charge is -2.28. The van der Waals surface area contributed by atoms with Gasteiger partial charge < -0.3 is 15.1 Å². The summed E-state index contributed by atoms with van der Waals surface area (Å²) in [5.41, 5.74) is 1.34. The predicted molar refractivity (Wildman–Crippen MR) is 127 cm³/mol. The molecule has 0 aliphatic carbocycles. The van der Waals surface area contributed by atoms with Crippen LogP contribution >= 0.6 is 11.3 Å². The first-order valence-corrected chi connectivity index (χ1v) is 12.1. The summed E-state index contributed by atoms with van der Waals surface area (Å²) in [6, 6.07) is 9.63. The van der Waals surface area contributed by atoms with E-state index in [1.807, 2.05) is 35.2 Å². The second-order valence-corrected chi connectivity index (χ2v) is 9.48. The Morgan fingerprint density at radius 3 is 2.66 bits per heavy atom. The fourth-order valence-corrected chi connectivity index (χ4v) is 5.60. The molecule has 4 heterocycles. The van der Waals surface area contributed by atoms with Crippen LogP contribution in [0.15, 0.2) is 35.1 Å². The SMILES string of the molecule is Cn1c(N2CCCCC2)nc2sc(N3CCCC3C(=O)NCc3ccccc3)nc2c1=O. The number of aromatic nitrogens is 3. The molecule has 3 aromatic rings. The van der Waals surface area contributed by atoms with Crippen LogP contribution in [-0.4, -0.2) is 46.1 Å². The number of hydrogen-bond donors (Lipinski definition) is 1. The number of carbonyl (C=O) groups excluding carboxylic acids is 1. The van der Waals surface area contributed by atoms with E-state index < -0.39 is 0 Å². The first-order valence-electron chi connectivity index (χ1n) is 11.3. The monoisotopic (exact) mass is 452 g/mol. The van der Waals surface area contributed by atoms with Gasteiger partial charge in [0, 0.05) is 33.2 Å². The second-order valence-electron chi connectivity index (χ2n) is 8.53. The molecule has 1 atom stereocenters. The summed E-state index contributed by atoms with van der Waals surface area (Å²) in [5, 5.41) is 3.76. The molecule has 2 aromatic heterocycles. The van der Waals surface area contributed by atoms with Crippen LogP contribution in [0.1, 0.15) is 37.7 Å². The number of piperidine rings is 1. The maximum Gasteiger partial charge on any atom is 0.282 e. The van der Waals surface area contributed by atoms with E-state index in [-0.39, 0.29) is 17.5 Å². The van der Waals surface area contributed by atoms with Gasteiger partial charge in [-0.15, -0.1) is 0 Å². The van der Waals surface area contributed by atoms with Gasteiger partial charge in [-0.1, -0.05) is 41.7 Å². The summed E-state index contributed by atoms with van der Waals surface area (Å²) in [6.07, 6.45) is 5.16. The Kier molecular flexibility index (Phi) is 5.82. The number of hydrogen-bond acceptors (Lipinski definition) is 7. The molecule has 168 valence electrons. The minimum Gasteiger partial charge on any atom is -0.350 e. The van der Waals surface area contributed by atoms with Crippen molar-refractivity contribution >= 4 is 38.7 Å². The largest absolute Gasteiger partial charge is 0.350 e. The standard InChI is InChI=1S/C23H28N6O2S/c1-27-21(31)18-20(26-22(27)28-12-6-3-7-13-28)32-23(25-18)29-14-8-11-17(29)19(30)24-15-16-9-4-2-5-10-16/h2,4-5,9-10,17H,3,6-8,11-15H2,1H3,(H,24,30). The molecule has 1 N–H and O–H groups in total. The van der Waals surface area contributed by atoms with E-state index in [2.05, 4.69) is 15.2 Å². The third-order valence-corrected chi connectivity index (χ3v) is 7.34. The van der Waals surface area contributed by atoms with Crippen molar-refractivity contribution in [1.29, 1.82) is 0 Å². The number of nitrogens with one attached hydrogen (secondary N) is 1. The second kappa shape index (κ2) is 8.90. The molecule has 5 rings (SSSR count). The van der Waals surface area contributed by atoms with Crippen LogP contribution in [0, 0.1) is 0 Å². The van der Waals surface area contributed by atoms with E-state index in [1.165, 1.54) is 17.8 Å². The Hall–Kier alpha value is -2.94. The number of rotatable bonds is 5. The normalized spacial score (nSPS) is 19.0. The quantitative estimate of drug-likeness (QED) is 0.641. The van der Waals surface area contributed by atoms with Gasteiger partial charge in [0.1, 0.15) is 6.04 Å². The zero-order valence-corrected chi connectivity index (χ0v) is 19.1. The maximum atomic E-state index is 13.0. The van der Waals surface area contributed by atoms with E-state index in [4.69, 9.17) is 4.98 Å². The van der Waals surface area contributed by atoms with Crippen molar-refractivity contribution in [1.82, 2.24) is 19.9 Å². The molecular weight excluding hydrogens is 424 g/mol. The Morgan fingerprint density at radius 1 is 1.09 bits per heavy atom. The van der Waals surface area contributed by atoms with Gasteiger partial charge in [0.2, 0.25) is 11.9 Å². The molecule has 32 heavy (non-hydrogen) atoms. The molecule has 8 nitrogen and oxygen atoms in total. The highest BCUT2D eigenvalue weighted by atomic mass is 32.1. The van der Waals surface area contributed by atoms with Crippen LogP contribution in [0.3, 0.4) is 0 Å². The average Bonchev–Trinajstić information content (AvgIpc) is 3.48. The Bertz CT molecular complexity index is 1170. The first kappa shape index (κ1) is 20.9. The van der Waals surface area contributed by atoms with E-state index in [0.29, 0.717) is 22.0 Å². The van der Waals surface area contributed by atoms with E-state index >= 15 is 0 Å². The van der Waals surface area contributed by atoms with E-state index in [0.717, 1.165) is 56.8 Å². The average molecular weight is 453 g/mol. The molecule has 2 fully saturated rings. The molecule has 1 unspecified atom stereocenters. The minimum atomic E-state index is -0.273. The molecule has 1 aromatic carbocycles. The van der Waals surface area contributed by atoms with Crippen molar-refractivity contribution in [3.63, 3.8) is 0 Å². The van der Waals surface area contributed by atoms with Crippen molar-refractivity contribution in [3.8, 4) is 0 Å². The van der Waals surface area contributed by atoms with E-state index in [1.54, 1.807) is 11.6 Å². The number of carbonyl (C=O) groups is 1. The number of nitrogens with zero attached hydrogens (tertiary/aromatic N) is 5. The van der Waals surface area contributed by atoms with Crippen molar-refractivity contribution in [3.05, 3.63) is 46.2 Å². The molecule has 2 aliphatic heterocycles. The molecule has 0 spiro atoms. The number of thiazole rings is 1. The smallest absolute Gasteiger partial charge is 0.282 e. The van der Waals surface area contributed by atoms with Crippen LogP contribution < -0.4 is 20.7 Å². The molecule has 2 aliphatic rings. The van der Waals surface area contributed by atoms with Crippen LogP contribution in [-0.2, 0) is 18.4 Å². The molecule has 0 saturated carbocycles. The van der Waals surface area contributed by atoms with Crippen molar-refractivity contribution in [2.24, 2.45) is 7.05 Å². The van der Waals surface area contributed by atoms with Gasteiger partial charge in [-0.2, -0.15) is 0 Å². The fourth-order valence-electron chi connectivity index (χ4n) is 4.60. The summed E-state index contributed by atoms with van der Waals surface area (Å²) >= 11 is 1.41. The topological polar surface area (TPSA) is 83.4 Å². The lowest BCUT2D eigenvalue weighted by molar-refractivity contribution is -0.122. The Morgan fingerprint density at radius 2 is 1.88 bits per heavy atom. The number of amides is 1. The molecular formula is C23H28N6O2S. The molecule has 0 radical (unpaired) electrons. The van der Waals surface area contributed by atoms with E-state index in [9.17, 15) is 9.59 Å². The van der Waals surface area contributed by atoms with Crippen LogP contribution in [0.25, 0.3) is 10.3 Å². The summed E-state index contributed by atoms with van der Waals surface area (Å²) in [7, 11) is 1.77. The first-order chi connectivity index (χ1) is 15.6. The molecule has 0 bridgehead atoms. The van der Waals surface area contributed by atoms with Crippen molar-refractivity contribution < 1.29 is 4.79 Å². The summed E-state index contributed by atoms with van der Waals surface area (Å²) in [4.78, 5) is 40.3. The summed E-state index contributed by atoms with van der Waals surface area (Å²) < 4.78 is 1.62. The molecule has 9 heteroatoms. The van der Waals surface area contributed by atoms with Gasteiger partial charge in [-0.3, -0.25) is 14.2 Å². The lowest BCUT2D eigenvalue weighted by atomic mass is 10.1. The number of anilines is 2. The summed E-state index contributed by atoms with van der Waals surface area (Å²) in [5.74, 6) is 0.719. The Labute approximate surface area is 190 Å². The van der Waals surface area contributed by atoms with Crippen molar-refractivity contribution in [2.45, 2.75) is 44.7 Å². The third-order valence-electron chi connectivity index (χ3n) is 6.36. The third kappa shape index (κ3) is 3.97. The highest BCUT2D eigenvalue weighted by Gasteiger charge is 2.33. The maximum absolute atomic E-state index is 13.0. The molecule has 2 saturated heterocycles. The zero-order chi connectivity index (χ0) is 22.1. The van der Waals surface area contributed by atoms with Crippen LogP contribution in [0.2, 0.25) is 0 Å². The zero-order valence-electron chi connectivity index (χ0n) is 18.3. The van der Waals surface area contributed by atoms with Gasteiger partial charge in [0.25, 0.3) is 5.56 Å². The van der Waals surface area contributed by atoms with Gasteiger partial charge >= 0.3 is 0 Å². The Balaban J connectivity index is 1.39. The van der Waals surface area contributed by atoms with Crippen LogP contribution in [0.4, 0.5) is 11.1 Å². The lowest BCUT2D eigenvalue weighted by Crippen LogP contribution is -2.43. The minimum absolute atomic E-state index is 0.000441.